The van der Waals surface area contributed by atoms with Gasteiger partial charge in [-0.15, -0.1) is 0 Å². The zero-order chi connectivity index (χ0) is 17.8. The summed E-state index contributed by atoms with van der Waals surface area (Å²) in [6.45, 7) is 10.6. The number of urea groups is 1. The summed E-state index contributed by atoms with van der Waals surface area (Å²) in [6.07, 6.45) is 5.25. The van der Waals surface area contributed by atoms with E-state index in [-0.39, 0.29) is 12.1 Å². The molecule has 0 aliphatic carbocycles. The van der Waals surface area contributed by atoms with E-state index in [4.69, 9.17) is 4.74 Å². The number of carbonyl (C=O) groups is 1. The lowest BCUT2D eigenvalue weighted by molar-refractivity contribution is 0.0191. The van der Waals surface area contributed by atoms with Crippen molar-refractivity contribution < 1.29 is 9.53 Å². The van der Waals surface area contributed by atoms with E-state index in [1.807, 2.05) is 4.90 Å². The maximum absolute atomic E-state index is 12.6. The van der Waals surface area contributed by atoms with Crippen molar-refractivity contribution in [3.8, 4) is 0 Å². The number of carbonyl (C=O) groups excluding carboxylic acids is 1. The molecule has 2 aliphatic rings. The molecule has 0 bridgehead atoms. The molecule has 1 aromatic rings. The second-order valence-corrected chi connectivity index (χ2v) is 7.46. The van der Waals surface area contributed by atoms with Gasteiger partial charge in [0.15, 0.2) is 0 Å². The van der Waals surface area contributed by atoms with E-state index in [0.29, 0.717) is 17.6 Å². The van der Waals surface area contributed by atoms with Crippen LogP contribution in [0.25, 0.3) is 0 Å². The molecule has 0 aromatic carbocycles. The van der Waals surface area contributed by atoms with Gasteiger partial charge in [0.2, 0.25) is 0 Å². The molecule has 7 nitrogen and oxygen atoms in total. The van der Waals surface area contributed by atoms with Crippen LogP contribution in [0.5, 0.6) is 0 Å². The Morgan fingerprint density at radius 2 is 2.00 bits per heavy atom. The summed E-state index contributed by atoms with van der Waals surface area (Å²) in [5.41, 5.74) is 0.652. The highest BCUT2D eigenvalue weighted by Gasteiger charge is 2.36. The lowest BCUT2D eigenvalue weighted by Gasteiger charge is -2.32. The molecule has 2 amide bonds. The Kier molecular flexibility index (Phi) is 5.86. The summed E-state index contributed by atoms with van der Waals surface area (Å²) in [6, 6.07) is 0.590. The molecular formula is C18H29N5O2. The van der Waals surface area contributed by atoms with Crippen LogP contribution < -0.4 is 5.32 Å². The molecular weight excluding hydrogens is 318 g/mol. The predicted molar refractivity (Wildman–Crippen MR) is 96.6 cm³/mol. The number of anilines is 1. The summed E-state index contributed by atoms with van der Waals surface area (Å²) in [4.78, 5) is 25.7. The van der Waals surface area contributed by atoms with Crippen molar-refractivity contribution in [1.29, 1.82) is 0 Å². The van der Waals surface area contributed by atoms with Crippen LogP contribution in [0, 0.1) is 5.92 Å². The Morgan fingerprint density at radius 3 is 2.64 bits per heavy atom. The van der Waals surface area contributed by atoms with Gasteiger partial charge in [0.1, 0.15) is 5.82 Å². The molecule has 3 rings (SSSR count). The smallest absolute Gasteiger partial charge is 0.322 e. The van der Waals surface area contributed by atoms with Crippen molar-refractivity contribution in [2.45, 2.75) is 45.7 Å². The number of amides is 2. The third-order valence-electron chi connectivity index (χ3n) is 4.92. The van der Waals surface area contributed by atoms with Crippen LogP contribution in [0.2, 0.25) is 0 Å². The van der Waals surface area contributed by atoms with Gasteiger partial charge in [0.25, 0.3) is 0 Å². The molecule has 2 saturated heterocycles. The van der Waals surface area contributed by atoms with Gasteiger partial charge in [-0.3, -0.25) is 4.90 Å². The third kappa shape index (κ3) is 4.67. The second-order valence-electron chi connectivity index (χ2n) is 7.46. The fraction of sp³-hybridized carbons (Fsp3) is 0.722. The first kappa shape index (κ1) is 18.1. The van der Waals surface area contributed by atoms with E-state index in [1.54, 1.807) is 12.4 Å². The Labute approximate surface area is 149 Å². The number of likely N-dealkylation sites (tertiary alicyclic amines) is 1. The predicted octanol–water partition coefficient (Wildman–Crippen LogP) is 2.00. The van der Waals surface area contributed by atoms with E-state index in [9.17, 15) is 4.79 Å². The third-order valence-corrected chi connectivity index (χ3v) is 4.92. The van der Waals surface area contributed by atoms with Gasteiger partial charge >= 0.3 is 6.03 Å². The minimum atomic E-state index is -0.0662. The van der Waals surface area contributed by atoms with Gasteiger partial charge in [-0.25, -0.2) is 14.8 Å². The van der Waals surface area contributed by atoms with Crippen LogP contribution >= 0.6 is 0 Å². The zero-order valence-electron chi connectivity index (χ0n) is 15.4. The molecule has 1 N–H and O–H groups in total. The first-order valence-corrected chi connectivity index (χ1v) is 9.23. The minimum absolute atomic E-state index is 0.0662. The highest BCUT2D eigenvalue weighted by atomic mass is 16.5. The Hall–Kier alpha value is -1.73. The Balaban J connectivity index is 1.55. The summed E-state index contributed by atoms with van der Waals surface area (Å²) in [7, 11) is 0. The van der Waals surface area contributed by atoms with Crippen LogP contribution in [0.4, 0.5) is 10.5 Å². The van der Waals surface area contributed by atoms with Crippen molar-refractivity contribution in [2.24, 2.45) is 5.92 Å². The van der Waals surface area contributed by atoms with Crippen molar-refractivity contribution in [3.63, 3.8) is 0 Å². The summed E-state index contributed by atoms with van der Waals surface area (Å²) < 4.78 is 5.42. The molecule has 0 radical (unpaired) electrons. The fourth-order valence-electron chi connectivity index (χ4n) is 3.58. The quantitative estimate of drug-likeness (QED) is 0.902. The highest BCUT2D eigenvalue weighted by Crippen LogP contribution is 2.23. The molecule has 138 valence electrons. The molecule has 25 heavy (non-hydrogen) atoms. The largest absolute Gasteiger partial charge is 0.379 e. The van der Waals surface area contributed by atoms with E-state index < -0.39 is 0 Å². The van der Waals surface area contributed by atoms with Crippen molar-refractivity contribution in [2.75, 3.05) is 38.2 Å². The Bertz CT molecular complexity index is 571. The molecule has 2 atom stereocenters. The van der Waals surface area contributed by atoms with Crippen LogP contribution in [-0.4, -0.2) is 70.7 Å². The molecule has 0 saturated carbocycles. The van der Waals surface area contributed by atoms with Gasteiger partial charge in [-0.05, 0) is 19.3 Å². The molecule has 2 aliphatic heterocycles. The lowest BCUT2D eigenvalue weighted by Crippen LogP contribution is -2.45. The van der Waals surface area contributed by atoms with E-state index in [0.717, 1.165) is 51.5 Å². The maximum atomic E-state index is 12.6. The van der Waals surface area contributed by atoms with Gasteiger partial charge in [0, 0.05) is 38.1 Å². The molecule has 3 heterocycles. The first-order valence-electron chi connectivity index (χ1n) is 9.23. The first-order chi connectivity index (χ1) is 12.0. The van der Waals surface area contributed by atoms with Crippen molar-refractivity contribution in [3.05, 3.63) is 18.2 Å². The summed E-state index contributed by atoms with van der Waals surface area (Å²) >= 11 is 0. The molecule has 2 fully saturated rings. The topological polar surface area (TPSA) is 70.6 Å². The average Bonchev–Trinajstić information content (AvgIpc) is 2.99. The number of rotatable bonds is 4. The normalized spacial score (nSPS) is 24.7. The maximum Gasteiger partial charge on any atom is 0.322 e. The van der Waals surface area contributed by atoms with E-state index in [1.165, 1.54) is 0 Å². The molecule has 7 heteroatoms. The SMILES string of the molecule is CC(C)Cc1ncc(NC(=O)N2C[C@@H](N3CCOCC3)C[C@@H]2C)cn1. The van der Waals surface area contributed by atoms with Gasteiger partial charge < -0.3 is 15.0 Å². The number of nitrogens with one attached hydrogen (secondary N) is 1. The monoisotopic (exact) mass is 347 g/mol. The second kappa shape index (κ2) is 8.10. The van der Waals surface area contributed by atoms with Gasteiger partial charge in [0.05, 0.1) is 31.3 Å². The Morgan fingerprint density at radius 1 is 1.32 bits per heavy atom. The number of aromatic nitrogens is 2. The number of nitrogens with zero attached hydrogens (tertiary/aromatic N) is 4. The number of hydrogen-bond donors (Lipinski definition) is 1. The van der Waals surface area contributed by atoms with Crippen LogP contribution in [0.1, 0.15) is 33.0 Å². The number of morpholine rings is 1. The van der Waals surface area contributed by atoms with Gasteiger partial charge in [-0.2, -0.15) is 0 Å². The number of ether oxygens (including phenoxy) is 1. The highest BCUT2D eigenvalue weighted by molar-refractivity contribution is 5.89. The standard InChI is InChI=1S/C18H29N5O2/c1-13(2)8-17-19-10-15(11-20-17)21-18(24)23-12-16(9-14(23)3)22-4-6-25-7-5-22/h10-11,13-14,16H,4-9,12H2,1-3H3,(H,21,24)/t14-,16-/m0/s1. The molecule has 0 unspecified atom stereocenters. The van der Waals surface area contributed by atoms with E-state index in [2.05, 4.69) is 41.0 Å². The van der Waals surface area contributed by atoms with Crippen LogP contribution in [-0.2, 0) is 11.2 Å². The van der Waals surface area contributed by atoms with Crippen LogP contribution in [0.15, 0.2) is 12.4 Å². The zero-order valence-corrected chi connectivity index (χ0v) is 15.4. The number of hydrogen-bond acceptors (Lipinski definition) is 5. The van der Waals surface area contributed by atoms with Crippen molar-refractivity contribution in [1.82, 2.24) is 19.8 Å². The summed E-state index contributed by atoms with van der Waals surface area (Å²) in [5.74, 6) is 1.33. The van der Waals surface area contributed by atoms with E-state index >= 15 is 0 Å². The van der Waals surface area contributed by atoms with Crippen molar-refractivity contribution >= 4 is 11.7 Å². The van der Waals surface area contributed by atoms with Crippen LogP contribution in [0.3, 0.4) is 0 Å². The summed E-state index contributed by atoms with van der Waals surface area (Å²) in [5, 5.41) is 2.94. The lowest BCUT2D eigenvalue weighted by atomic mass is 10.1. The fourth-order valence-corrected chi connectivity index (χ4v) is 3.58. The molecule has 0 spiro atoms. The average molecular weight is 347 g/mol. The molecule has 1 aromatic heterocycles. The van der Waals surface area contributed by atoms with Gasteiger partial charge in [-0.1, -0.05) is 13.8 Å². The minimum Gasteiger partial charge on any atom is -0.379 e.